The zero-order valence-electron chi connectivity index (χ0n) is 9.10. The van der Waals surface area contributed by atoms with Crippen LogP contribution in [0.5, 0.6) is 0 Å². The topological polar surface area (TPSA) is 68.9 Å². The Morgan fingerprint density at radius 3 is 2.75 bits per heavy atom. The molecule has 0 fully saturated rings. The van der Waals surface area contributed by atoms with Crippen molar-refractivity contribution >= 4 is 16.7 Å². The molecule has 0 unspecified atom stereocenters. The molecular weight excluding hydrogens is 206 g/mol. The molecule has 0 aliphatic heterocycles. The first-order valence-electron chi connectivity index (χ1n) is 5.04. The molecule has 2 rings (SSSR count). The van der Waals surface area contributed by atoms with Gasteiger partial charge < -0.3 is 0 Å². The fraction of sp³-hybridized carbons (Fsp3) is 0.273. The summed E-state index contributed by atoms with van der Waals surface area (Å²) in [4.78, 5) is 19.0. The van der Waals surface area contributed by atoms with E-state index in [1.807, 2.05) is 13.8 Å². The number of hydrogen-bond acceptors (Lipinski definition) is 4. The Bertz CT molecular complexity index is 566. The lowest BCUT2D eigenvalue weighted by atomic mass is 10.2. The maximum absolute atomic E-state index is 10.8. The first-order valence-corrected chi connectivity index (χ1v) is 5.04. The lowest BCUT2D eigenvalue weighted by molar-refractivity contribution is -0.383. The molecule has 0 spiro atoms. The normalized spacial score (nSPS) is 10.6. The van der Waals surface area contributed by atoms with Crippen molar-refractivity contribution in [1.29, 1.82) is 0 Å². The van der Waals surface area contributed by atoms with Crippen molar-refractivity contribution in [2.75, 3.05) is 0 Å². The summed E-state index contributed by atoms with van der Waals surface area (Å²) in [7, 11) is 0. The van der Waals surface area contributed by atoms with E-state index < -0.39 is 4.92 Å². The third-order valence-corrected chi connectivity index (χ3v) is 2.48. The number of hydrogen-bond donors (Lipinski definition) is 0. The molecule has 1 aromatic heterocycles. The third kappa shape index (κ3) is 1.60. The van der Waals surface area contributed by atoms with E-state index in [0.717, 1.165) is 17.8 Å². The molecule has 1 heterocycles. The van der Waals surface area contributed by atoms with Crippen molar-refractivity contribution in [3.63, 3.8) is 0 Å². The van der Waals surface area contributed by atoms with Gasteiger partial charge in [0, 0.05) is 6.07 Å². The van der Waals surface area contributed by atoms with Crippen molar-refractivity contribution in [3.8, 4) is 0 Å². The van der Waals surface area contributed by atoms with Gasteiger partial charge in [-0.1, -0.05) is 13.0 Å². The Labute approximate surface area is 92.3 Å². The summed E-state index contributed by atoms with van der Waals surface area (Å²) < 4.78 is 0. The number of fused-ring (bicyclic) bond motifs is 1. The van der Waals surface area contributed by atoms with Gasteiger partial charge in [-0.15, -0.1) is 0 Å². The van der Waals surface area contributed by atoms with Crippen LogP contribution in [0, 0.1) is 17.0 Å². The fourth-order valence-electron chi connectivity index (χ4n) is 1.67. The molecule has 0 aliphatic carbocycles. The van der Waals surface area contributed by atoms with Crippen LogP contribution in [-0.2, 0) is 6.42 Å². The molecule has 0 saturated heterocycles. The first kappa shape index (κ1) is 10.5. The summed E-state index contributed by atoms with van der Waals surface area (Å²) in [5.74, 6) is 0. The predicted octanol–water partition coefficient (Wildman–Crippen LogP) is 2.41. The number of aromatic nitrogens is 2. The molecule has 2 aromatic rings. The highest BCUT2D eigenvalue weighted by atomic mass is 16.6. The molecule has 1 aromatic carbocycles. The number of nitro groups is 1. The van der Waals surface area contributed by atoms with Crippen LogP contribution in [0.1, 0.15) is 18.3 Å². The quantitative estimate of drug-likeness (QED) is 0.572. The average molecular weight is 217 g/mol. The molecule has 16 heavy (non-hydrogen) atoms. The minimum absolute atomic E-state index is 0.00996. The maximum atomic E-state index is 10.8. The molecule has 5 nitrogen and oxygen atoms in total. The van der Waals surface area contributed by atoms with Crippen LogP contribution in [-0.4, -0.2) is 14.9 Å². The van der Waals surface area contributed by atoms with Crippen molar-refractivity contribution in [2.45, 2.75) is 20.3 Å². The van der Waals surface area contributed by atoms with E-state index in [2.05, 4.69) is 9.97 Å². The van der Waals surface area contributed by atoms with Crippen molar-refractivity contribution in [2.24, 2.45) is 0 Å². The Hall–Kier alpha value is -2.04. The number of aryl methyl sites for hydroxylation is 2. The van der Waals surface area contributed by atoms with Gasteiger partial charge in [-0.2, -0.15) is 0 Å². The van der Waals surface area contributed by atoms with Gasteiger partial charge in [0.1, 0.15) is 0 Å². The van der Waals surface area contributed by atoms with E-state index in [9.17, 15) is 10.1 Å². The Morgan fingerprint density at radius 1 is 1.38 bits per heavy atom. The second kappa shape index (κ2) is 3.84. The Kier molecular flexibility index (Phi) is 2.52. The Morgan fingerprint density at radius 2 is 2.12 bits per heavy atom. The van der Waals surface area contributed by atoms with E-state index >= 15 is 0 Å². The van der Waals surface area contributed by atoms with Gasteiger partial charge in [0.2, 0.25) is 0 Å². The zero-order chi connectivity index (χ0) is 11.7. The van der Waals surface area contributed by atoms with Gasteiger partial charge in [-0.25, -0.2) is 9.97 Å². The predicted molar refractivity (Wildman–Crippen MR) is 60.3 cm³/mol. The van der Waals surface area contributed by atoms with E-state index in [1.54, 1.807) is 12.1 Å². The smallest absolute Gasteiger partial charge is 0.258 e. The van der Waals surface area contributed by atoms with Crippen molar-refractivity contribution in [1.82, 2.24) is 9.97 Å². The lowest BCUT2D eigenvalue weighted by Gasteiger charge is -2.04. The summed E-state index contributed by atoms with van der Waals surface area (Å²) in [5.41, 5.74) is 2.59. The van der Waals surface area contributed by atoms with E-state index in [1.165, 1.54) is 6.07 Å². The number of rotatable bonds is 2. The number of nitro benzene ring substituents is 1. The molecule has 82 valence electrons. The molecule has 0 bridgehead atoms. The molecule has 0 amide bonds. The van der Waals surface area contributed by atoms with E-state index in [4.69, 9.17) is 0 Å². The van der Waals surface area contributed by atoms with E-state index in [0.29, 0.717) is 11.0 Å². The molecule has 0 atom stereocenters. The van der Waals surface area contributed by atoms with Crippen molar-refractivity contribution in [3.05, 3.63) is 39.7 Å². The van der Waals surface area contributed by atoms with Gasteiger partial charge >= 0.3 is 0 Å². The second-order valence-electron chi connectivity index (χ2n) is 3.51. The lowest BCUT2D eigenvalue weighted by Crippen LogP contribution is -1.99. The van der Waals surface area contributed by atoms with Crippen LogP contribution >= 0.6 is 0 Å². The standard InChI is InChI=1S/C11H11N3O2/c1-3-8-7(2)12-11-9(13-8)5-4-6-10(11)14(15)16/h4-6H,3H2,1-2H3. The largest absolute Gasteiger partial charge is 0.297 e. The molecule has 0 radical (unpaired) electrons. The number of nitrogens with zero attached hydrogens (tertiary/aromatic N) is 3. The van der Waals surface area contributed by atoms with Crippen LogP contribution in [0.25, 0.3) is 11.0 Å². The van der Waals surface area contributed by atoms with Gasteiger partial charge in [0.25, 0.3) is 5.69 Å². The molecule has 0 saturated carbocycles. The van der Waals surface area contributed by atoms with Crippen LogP contribution in [0.3, 0.4) is 0 Å². The highest BCUT2D eigenvalue weighted by molar-refractivity contribution is 5.84. The summed E-state index contributed by atoms with van der Waals surface area (Å²) in [6.45, 7) is 3.81. The third-order valence-electron chi connectivity index (χ3n) is 2.48. The summed E-state index contributed by atoms with van der Waals surface area (Å²) in [5, 5.41) is 10.8. The highest BCUT2D eigenvalue weighted by Gasteiger charge is 2.14. The van der Waals surface area contributed by atoms with Gasteiger partial charge in [-0.05, 0) is 19.4 Å². The number of para-hydroxylation sites is 1. The number of non-ortho nitro benzene ring substituents is 1. The molecule has 0 N–H and O–H groups in total. The monoisotopic (exact) mass is 217 g/mol. The summed E-state index contributed by atoms with van der Waals surface area (Å²) >= 11 is 0. The zero-order valence-corrected chi connectivity index (χ0v) is 9.10. The summed E-state index contributed by atoms with van der Waals surface area (Å²) in [6, 6.07) is 4.82. The number of benzene rings is 1. The van der Waals surface area contributed by atoms with Gasteiger partial charge in [0.05, 0.1) is 21.8 Å². The van der Waals surface area contributed by atoms with Crippen LogP contribution < -0.4 is 0 Å². The SMILES string of the molecule is CCc1nc2cccc([N+](=O)[O-])c2nc1C. The molecule has 0 aliphatic rings. The minimum Gasteiger partial charge on any atom is -0.258 e. The second-order valence-corrected chi connectivity index (χ2v) is 3.51. The highest BCUT2D eigenvalue weighted by Crippen LogP contribution is 2.23. The van der Waals surface area contributed by atoms with E-state index in [-0.39, 0.29) is 5.69 Å². The van der Waals surface area contributed by atoms with Crippen molar-refractivity contribution < 1.29 is 4.92 Å². The summed E-state index contributed by atoms with van der Waals surface area (Å²) in [6.07, 6.45) is 0.775. The fourth-order valence-corrected chi connectivity index (χ4v) is 1.67. The van der Waals surface area contributed by atoms with Gasteiger partial charge in [-0.3, -0.25) is 10.1 Å². The molecule has 5 heteroatoms. The minimum atomic E-state index is -0.428. The van der Waals surface area contributed by atoms with Crippen LogP contribution in [0.15, 0.2) is 18.2 Å². The van der Waals surface area contributed by atoms with Crippen LogP contribution in [0.2, 0.25) is 0 Å². The first-order chi connectivity index (χ1) is 7.63. The maximum Gasteiger partial charge on any atom is 0.297 e. The molecular formula is C11H11N3O2. The van der Waals surface area contributed by atoms with Gasteiger partial charge in [0.15, 0.2) is 5.52 Å². The Balaban J connectivity index is 2.79. The average Bonchev–Trinajstić information content (AvgIpc) is 2.27. The van der Waals surface area contributed by atoms with Crippen LogP contribution in [0.4, 0.5) is 5.69 Å².